The van der Waals surface area contributed by atoms with Crippen molar-refractivity contribution in [2.75, 3.05) is 13.7 Å². The molecule has 2 aromatic carbocycles. The van der Waals surface area contributed by atoms with Gasteiger partial charge in [-0.05, 0) is 29.7 Å². The van der Waals surface area contributed by atoms with Crippen molar-refractivity contribution in [3.8, 4) is 5.75 Å². The SMILES string of the molecule is COc1ccc(CCNS(=O)(=O)NC(=O)OCc2ccccc2)cc1. The highest BCUT2D eigenvalue weighted by Gasteiger charge is 2.14. The molecule has 0 unspecified atom stereocenters. The maximum absolute atomic E-state index is 11.8. The van der Waals surface area contributed by atoms with Crippen molar-refractivity contribution in [2.24, 2.45) is 0 Å². The standard InChI is InChI=1S/C17H20N2O5S/c1-23-16-9-7-14(8-10-16)11-12-18-25(21,22)19-17(20)24-13-15-5-3-2-4-6-15/h2-10,18H,11-13H2,1H3,(H,19,20). The summed E-state index contributed by atoms with van der Waals surface area (Å²) in [4.78, 5) is 11.6. The lowest BCUT2D eigenvalue weighted by molar-refractivity contribution is 0.146. The van der Waals surface area contributed by atoms with Gasteiger partial charge in [0.2, 0.25) is 0 Å². The molecule has 2 rings (SSSR count). The van der Waals surface area contributed by atoms with Gasteiger partial charge in [0.1, 0.15) is 12.4 Å². The first-order valence-corrected chi connectivity index (χ1v) is 9.08. The fourth-order valence-electron chi connectivity index (χ4n) is 2.02. The number of benzene rings is 2. The molecule has 0 saturated carbocycles. The van der Waals surface area contributed by atoms with Crippen LogP contribution in [0.25, 0.3) is 0 Å². The zero-order valence-electron chi connectivity index (χ0n) is 13.8. The highest BCUT2D eigenvalue weighted by atomic mass is 32.2. The number of methoxy groups -OCH3 is 1. The fraction of sp³-hybridized carbons (Fsp3) is 0.235. The average molecular weight is 364 g/mol. The minimum atomic E-state index is -3.97. The van der Waals surface area contributed by atoms with Crippen LogP contribution in [0.3, 0.4) is 0 Å². The maximum Gasteiger partial charge on any atom is 0.422 e. The minimum Gasteiger partial charge on any atom is -0.497 e. The molecule has 25 heavy (non-hydrogen) atoms. The van der Waals surface area contributed by atoms with E-state index in [1.54, 1.807) is 43.5 Å². The van der Waals surface area contributed by atoms with Crippen molar-refractivity contribution in [1.82, 2.24) is 9.44 Å². The minimum absolute atomic E-state index is 0.00591. The zero-order valence-corrected chi connectivity index (χ0v) is 14.6. The van der Waals surface area contributed by atoms with Crippen LogP contribution in [0.5, 0.6) is 5.75 Å². The predicted octanol–water partition coefficient (Wildman–Crippen LogP) is 2.00. The van der Waals surface area contributed by atoms with E-state index in [1.807, 2.05) is 22.9 Å². The van der Waals surface area contributed by atoms with Crippen LogP contribution in [0.15, 0.2) is 54.6 Å². The van der Waals surface area contributed by atoms with Crippen LogP contribution in [-0.2, 0) is 28.0 Å². The van der Waals surface area contributed by atoms with E-state index in [2.05, 4.69) is 4.72 Å². The molecule has 0 spiro atoms. The van der Waals surface area contributed by atoms with E-state index >= 15 is 0 Å². The Kier molecular flexibility index (Phi) is 6.79. The predicted molar refractivity (Wildman–Crippen MR) is 93.4 cm³/mol. The second kappa shape index (κ2) is 9.05. The van der Waals surface area contributed by atoms with Gasteiger partial charge in [0.15, 0.2) is 0 Å². The van der Waals surface area contributed by atoms with E-state index in [1.165, 1.54) is 0 Å². The normalized spacial score (nSPS) is 10.9. The smallest absolute Gasteiger partial charge is 0.422 e. The topological polar surface area (TPSA) is 93.7 Å². The summed E-state index contributed by atoms with van der Waals surface area (Å²) in [5.41, 5.74) is 1.71. The third-order valence-corrected chi connectivity index (χ3v) is 4.31. The molecule has 7 nitrogen and oxygen atoms in total. The molecule has 0 fully saturated rings. The molecule has 0 aromatic heterocycles. The van der Waals surface area contributed by atoms with E-state index in [0.29, 0.717) is 6.42 Å². The summed E-state index contributed by atoms with van der Waals surface area (Å²) >= 11 is 0. The first-order valence-electron chi connectivity index (χ1n) is 7.59. The molecular weight excluding hydrogens is 344 g/mol. The molecule has 2 aromatic rings. The van der Waals surface area contributed by atoms with Crippen LogP contribution in [0.2, 0.25) is 0 Å². The number of hydrogen-bond acceptors (Lipinski definition) is 5. The number of rotatable bonds is 8. The molecule has 134 valence electrons. The lowest BCUT2D eigenvalue weighted by Gasteiger charge is -2.09. The molecule has 8 heteroatoms. The first-order chi connectivity index (χ1) is 12.0. The Morgan fingerprint density at radius 1 is 1.00 bits per heavy atom. The van der Waals surface area contributed by atoms with Crippen molar-refractivity contribution >= 4 is 16.3 Å². The lowest BCUT2D eigenvalue weighted by atomic mass is 10.1. The van der Waals surface area contributed by atoms with Gasteiger partial charge in [0.25, 0.3) is 0 Å². The molecule has 0 atom stereocenters. The van der Waals surface area contributed by atoms with Crippen LogP contribution < -0.4 is 14.2 Å². The van der Waals surface area contributed by atoms with Gasteiger partial charge in [-0.15, -0.1) is 0 Å². The quantitative estimate of drug-likeness (QED) is 0.747. The highest BCUT2D eigenvalue weighted by molar-refractivity contribution is 7.88. The van der Waals surface area contributed by atoms with Gasteiger partial charge in [-0.2, -0.15) is 13.1 Å². The van der Waals surface area contributed by atoms with E-state index in [0.717, 1.165) is 16.9 Å². The summed E-state index contributed by atoms with van der Waals surface area (Å²) in [6.45, 7) is 0.141. The van der Waals surface area contributed by atoms with Crippen molar-refractivity contribution in [1.29, 1.82) is 0 Å². The lowest BCUT2D eigenvalue weighted by Crippen LogP contribution is -2.41. The summed E-state index contributed by atoms with van der Waals surface area (Å²) in [5.74, 6) is 0.729. The summed E-state index contributed by atoms with van der Waals surface area (Å²) in [6.07, 6.45) is -0.551. The third-order valence-electron chi connectivity index (χ3n) is 3.30. The Bertz CT molecular complexity index is 776. The van der Waals surface area contributed by atoms with Crippen LogP contribution in [0.1, 0.15) is 11.1 Å². The van der Waals surface area contributed by atoms with Crippen LogP contribution in [0, 0.1) is 0 Å². The van der Waals surface area contributed by atoms with Crippen molar-refractivity contribution in [3.63, 3.8) is 0 Å². The monoisotopic (exact) mass is 364 g/mol. The Morgan fingerprint density at radius 2 is 1.68 bits per heavy atom. The number of carbonyl (C=O) groups excluding carboxylic acids is 1. The van der Waals surface area contributed by atoms with E-state index < -0.39 is 16.3 Å². The highest BCUT2D eigenvalue weighted by Crippen LogP contribution is 2.11. The summed E-state index contributed by atoms with van der Waals surface area (Å²) in [5, 5.41) is 0. The second-order valence-electron chi connectivity index (χ2n) is 5.16. The first kappa shape index (κ1) is 18.8. The largest absolute Gasteiger partial charge is 0.497 e. The Labute approximate surface area is 147 Å². The number of carbonyl (C=O) groups is 1. The molecule has 1 amide bonds. The number of amides is 1. The molecule has 0 radical (unpaired) electrons. The third kappa shape index (κ3) is 6.82. The van der Waals surface area contributed by atoms with Crippen LogP contribution in [-0.4, -0.2) is 28.2 Å². The molecule has 0 aliphatic carbocycles. The Balaban J connectivity index is 1.73. The Morgan fingerprint density at radius 3 is 2.32 bits per heavy atom. The van der Waals surface area contributed by atoms with E-state index in [4.69, 9.17) is 9.47 Å². The second-order valence-corrected chi connectivity index (χ2v) is 6.66. The molecule has 0 heterocycles. The molecular formula is C17H20N2O5S. The van der Waals surface area contributed by atoms with Gasteiger partial charge in [0, 0.05) is 6.54 Å². The van der Waals surface area contributed by atoms with Crippen molar-refractivity contribution in [2.45, 2.75) is 13.0 Å². The van der Waals surface area contributed by atoms with E-state index in [9.17, 15) is 13.2 Å². The van der Waals surface area contributed by atoms with Gasteiger partial charge >= 0.3 is 16.3 Å². The number of ether oxygens (including phenoxy) is 2. The van der Waals surface area contributed by atoms with Gasteiger partial charge in [-0.1, -0.05) is 42.5 Å². The van der Waals surface area contributed by atoms with Crippen molar-refractivity contribution < 1.29 is 22.7 Å². The molecule has 2 N–H and O–H groups in total. The van der Waals surface area contributed by atoms with Gasteiger partial charge in [0.05, 0.1) is 7.11 Å². The van der Waals surface area contributed by atoms with Crippen LogP contribution in [0.4, 0.5) is 4.79 Å². The summed E-state index contributed by atoms with van der Waals surface area (Å²) in [7, 11) is -2.39. The zero-order chi connectivity index (χ0) is 18.1. The van der Waals surface area contributed by atoms with Crippen molar-refractivity contribution in [3.05, 3.63) is 65.7 Å². The average Bonchev–Trinajstić information content (AvgIpc) is 2.61. The number of nitrogens with one attached hydrogen (secondary N) is 2. The van der Waals surface area contributed by atoms with Gasteiger partial charge in [-0.25, -0.2) is 9.52 Å². The summed E-state index contributed by atoms with van der Waals surface area (Å²) < 4.78 is 37.6. The molecule has 0 saturated heterocycles. The van der Waals surface area contributed by atoms with Gasteiger partial charge in [-0.3, -0.25) is 0 Å². The maximum atomic E-state index is 11.8. The Hall–Kier alpha value is -2.58. The molecule has 0 aliphatic rings. The molecule has 0 bridgehead atoms. The van der Waals surface area contributed by atoms with Crippen LogP contribution >= 0.6 is 0 Å². The van der Waals surface area contributed by atoms with E-state index in [-0.39, 0.29) is 13.2 Å². The van der Waals surface area contributed by atoms with Gasteiger partial charge < -0.3 is 9.47 Å². The summed E-state index contributed by atoms with van der Waals surface area (Å²) in [6, 6.07) is 16.3. The number of hydrogen-bond donors (Lipinski definition) is 2. The fourth-order valence-corrected chi connectivity index (χ4v) is 2.74. The molecule has 0 aliphatic heterocycles.